The molecular weight excluding hydrogens is 352 g/mol. The maximum absolute atomic E-state index is 2.79. The van der Waals surface area contributed by atoms with Crippen molar-refractivity contribution in [3.63, 3.8) is 0 Å². The van der Waals surface area contributed by atoms with Gasteiger partial charge in [-0.3, -0.25) is 0 Å². The van der Waals surface area contributed by atoms with Crippen LogP contribution in [0.4, 0.5) is 0 Å². The lowest BCUT2D eigenvalue weighted by atomic mass is 9.73. The first-order valence-electron chi connectivity index (χ1n) is 12.0. The molecule has 1 heteroatoms. The average molecular weight is 391 g/mol. The Morgan fingerprint density at radius 1 is 0.857 bits per heavy atom. The van der Waals surface area contributed by atoms with Crippen LogP contribution in [-0.2, 0) is 0 Å². The fourth-order valence-electron chi connectivity index (χ4n) is 8.46. The fraction of sp³-hybridized carbons (Fsp3) is 0.630. The van der Waals surface area contributed by atoms with Crippen molar-refractivity contribution in [1.82, 2.24) is 0 Å². The van der Waals surface area contributed by atoms with E-state index < -0.39 is 8.07 Å². The third kappa shape index (κ3) is 3.09. The number of hydrogen-bond donors (Lipinski definition) is 0. The molecule has 4 aliphatic rings. The third-order valence-electron chi connectivity index (χ3n) is 9.45. The van der Waals surface area contributed by atoms with E-state index in [1.807, 2.05) is 0 Å². The first-order valence-corrected chi connectivity index (χ1v) is 15.1. The Hall–Kier alpha value is -1.08. The van der Waals surface area contributed by atoms with Crippen LogP contribution in [0, 0.1) is 29.6 Å². The minimum atomic E-state index is -1.30. The van der Waals surface area contributed by atoms with Gasteiger partial charge in [-0.15, -0.1) is 0 Å². The third-order valence-corrected chi connectivity index (χ3v) is 14.7. The van der Waals surface area contributed by atoms with Crippen LogP contribution in [0.2, 0.25) is 24.2 Å². The van der Waals surface area contributed by atoms with Gasteiger partial charge in [-0.05, 0) is 84.3 Å². The molecule has 0 aromatic heterocycles. The van der Waals surface area contributed by atoms with Crippen LogP contribution in [0.3, 0.4) is 0 Å². The summed E-state index contributed by atoms with van der Waals surface area (Å²) in [7, 11) is -1.30. The van der Waals surface area contributed by atoms with Crippen LogP contribution in [0.5, 0.6) is 0 Å². The second-order valence-corrected chi connectivity index (χ2v) is 16.2. The largest absolute Gasteiger partial charge is 0.0808 e. The predicted molar refractivity (Wildman–Crippen MR) is 123 cm³/mol. The number of fused-ring (bicyclic) bond motifs is 2. The molecule has 1 aromatic carbocycles. The predicted octanol–water partition coefficient (Wildman–Crippen LogP) is 7.83. The van der Waals surface area contributed by atoms with Crippen molar-refractivity contribution >= 4 is 8.07 Å². The Balaban J connectivity index is 1.35. The molecule has 0 heterocycles. The minimum Gasteiger partial charge on any atom is -0.0808 e. The van der Waals surface area contributed by atoms with Crippen molar-refractivity contribution in [2.75, 3.05) is 0 Å². The molecule has 0 spiro atoms. The van der Waals surface area contributed by atoms with Gasteiger partial charge < -0.3 is 0 Å². The smallest absolute Gasteiger partial charge is 0.0547 e. The number of allylic oxidation sites excluding steroid dienone is 4. The van der Waals surface area contributed by atoms with E-state index in [0.29, 0.717) is 0 Å². The summed E-state index contributed by atoms with van der Waals surface area (Å²) in [5.74, 6) is 5.50. The molecule has 0 aliphatic heterocycles. The Morgan fingerprint density at radius 3 is 2.46 bits per heavy atom. The molecule has 0 radical (unpaired) electrons. The average Bonchev–Trinajstić information content (AvgIpc) is 3.29. The highest BCUT2D eigenvalue weighted by Gasteiger charge is 2.55. The second-order valence-electron chi connectivity index (χ2n) is 11.1. The Kier molecular flexibility index (Phi) is 4.94. The monoisotopic (exact) mass is 390 g/mol. The lowest BCUT2D eigenvalue weighted by Crippen LogP contribution is -2.44. The van der Waals surface area contributed by atoms with Crippen LogP contribution in [0.1, 0.15) is 56.9 Å². The van der Waals surface area contributed by atoms with Gasteiger partial charge in [0.25, 0.3) is 0 Å². The van der Waals surface area contributed by atoms with Gasteiger partial charge in [-0.1, -0.05) is 81.1 Å². The van der Waals surface area contributed by atoms with E-state index in [1.165, 1.54) is 38.5 Å². The molecule has 3 fully saturated rings. The molecule has 0 N–H and O–H groups in total. The molecule has 4 aliphatic carbocycles. The number of rotatable bonds is 3. The van der Waals surface area contributed by atoms with E-state index in [-0.39, 0.29) is 0 Å². The SMILES string of the molecule is CC1CC2CC(c3ccccc3)CCC2C1[Si](C)(C)C1CCC2C=CC=CC21. The van der Waals surface area contributed by atoms with Crippen LogP contribution < -0.4 is 0 Å². The summed E-state index contributed by atoms with van der Waals surface area (Å²) < 4.78 is 0. The summed E-state index contributed by atoms with van der Waals surface area (Å²) in [6.45, 7) is 8.20. The molecule has 8 unspecified atom stereocenters. The van der Waals surface area contributed by atoms with Gasteiger partial charge >= 0.3 is 0 Å². The van der Waals surface area contributed by atoms with Crippen molar-refractivity contribution in [2.24, 2.45) is 29.6 Å². The zero-order valence-electron chi connectivity index (χ0n) is 18.1. The molecule has 0 saturated heterocycles. The molecule has 8 atom stereocenters. The lowest BCUT2D eigenvalue weighted by Gasteiger charge is -2.46. The normalized spacial score (nSPS) is 42.4. The van der Waals surface area contributed by atoms with E-state index in [2.05, 4.69) is 74.7 Å². The van der Waals surface area contributed by atoms with Gasteiger partial charge in [0.05, 0.1) is 8.07 Å². The van der Waals surface area contributed by atoms with E-state index in [1.54, 1.807) is 5.56 Å². The highest BCUT2D eigenvalue weighted by Crippen LogP contribution is 2.63. The Bertz CT molecular complexity index is 745. The Labute approximate surface area is 173 Å². The van der Waals surface area contributed by atoms with Crippen molar-refractivity contribution in [3.8, 4) is 0 Å². The quantitative estimate of drug-likeness (QED) is 0.461. The maximum Gasteiger partial charge on any atom is 0.0547 e. The maximum atomic E-state index is 2.79. The van der Waals surface area contributed by atoms with E-state index in [9.17, 15) is 0 Å². The summed E-state index contributed by atoms with van der Waals surface area (Å²) >= 11 is 0. The molecule has 5 rings (SSSR count). The van der Waals surface area contributed by atoms with Gasteiger partial charge in [0.2, 0.25) is 0 Å². The minimum absolute atomic E-state index is 0.820. The molecule has 0 nitrogen and oxygen atoms in total. The topological polar surface area (TPSA) is 0 Å². The van der Waals surface area contributed by atoms with Gasteiger partial charge in [0.15, 0.2) is 0 Å². The summed E-state index contributed by atoms with van der Waals surface area (Å²) in [5, 5.41) is 0. The Morgan fingerprint density at radius 2 is 1.64 bits per heavy atom. The van der Waals surface area contributed by atoms with Crippen molar-refractivity contribution in [2.45, 2.75) is 75.5 Å². The molecule has 0 bridgehead atoms. The molecular formula is C27H38Si. The van der Waals surface area contributed by atoms with Crippen LogP contribution in [0.25, 0.3) is 0 Å². The lowest BCUT2D eigenvalue weighted by molar-refractivity contribution is 0.247. The first kappa shape index (κ1) is 18.9. The van der Waals surface area contributed by atoms with Crippen molar-refractivity contribution in [3.05, 3.63) is 60.2 Å². The summed E-state index contributed by atoms with van der Waals surface area (Å²) in [4.78, 5) is 0. The number of hydrogen-bond acceptors (Lipinski definition) is 0. The van der Waals surface area contributed by atoms with Crippen LogP contribution in [-0.4, -0.2) is 8.07 Å². The zero-order valence-corrected chi connectivity index (χ0v) is 19.1. The second kappa shape index (κ2) is 7.31. The first-order chi connectivity index (χ1) is 13.6. The summed E-state index contributed by atoms with van der Waals surface area (Å²) in [5.41, 5.74) is 3.67. The van der Waals surface area contributed by atoms with Gasteiger partial charge in [0.1, 0.15) is 0 Å². The van der Waals surface area contributed by atoms with Gasteiger partial charge in [0, 0.05) is 0 Å². The van der Waals surface area contributed by atoms with E-state index >= 15 is 0 Å². The summed E-state index contributed by atoms with van der Waals surface area (Å²) in [6, 6.07) is 11.4. The molecule has 150 valence electrons. The standard InChI is InChI=1S/C27H38Si/c1-19-17-23-18-22(20-9-5-4-6-10-20)13-15-25(23)27(19)28(2,3)26-16-14-21-11-7-8-12-24(21)26/h4-12,19,21-27H,13-18H2,1-3H3. The fourth-order valence-corrected chi connectivity index (χ4v) is 14.4. The zero-order chi connectivity index (χ0) is 19.3. The van der Waals surface area contributed by atoms with Crippen molar-refractivity contribution < 1.29 is 0 Å². The van der Waals surface area contributed by atoms with Crippen LogP contribution in [0.15, 0.2) is 54.6 Å². The van der Waals surface area contributed by atoms with Crippen molar-refractivity contribution in [1.29, 1.82) is 0 Å². The summed E-state index contributed by atoms with van der Waals surface area (Å²) in [6.07, 6.45) is 18.6. The molecule has 1 aromatic rings. The highest BCUT2D eigenvalue weighted by molar-refractivity contribution is 6.80. The van der Waals surface area contributed by atoms with E-state index in [4.69, 9.17) is 0 Å². The van der Waals surface area contributed by atoms with Crippen LogP contribution >= 0.6 is 0 Å². The number of benzene rings is 1. The van der Waals surface area contributed by atoms with Gasteiger partial charge in [-0.25, -0.2) is 0 Å². The van der Waals surface area contributed by atoms with E-state index in [0.717, 1.165) is 46.6 Å². The van der Waals surface area contributed by atoms with Gasteiger partial charge in [-0.2, -0.15) is 0 Å². The molecule has 0 amide bonds. The molecule has 28 heavy (non-hydrogen) atoms. The highest BCUT2D eigenvalue weighted by atomic mass is 28.3. The molecule has 3 saturated carbocycles.